The van der Waals surface area contributed by atoms with Crippen LogP contribution in [0.3, 0.4) is 0 Å². The Morgan fingerprint density at radius 1 is 0.724 bits per heavy atom. The average molecular weight is 383 g/mol. The number of hydrogen-bond acceptors (Lipinski definition) is 0. The van der Waals surface area contributed by atoms with Gasteiger partial charge in [0.2, 0.25) is 0 Å². The Balaban J connectivity index is 1.76. The number of fused-ring (bicyclic) bond motifs is 4. The minimum absolute atomic E-state index is 0.180. The van der Waals surface area contributed by atoms with Crippen LogP contribution in [0.15, 0.2) is 41.5 Å². The van der Waals surface area contributed by atoms with Crippen LogP contribution in [0.25, 0.3) is 16.7 Å². The largest absolute Gasteiger partial charge is 0.0619 e. The summed E-state index contributed by atoms with van der Waals surface area (Å²) in [5, 5.41) is 0. The van der Waals surface area contributed by atoms with E-state index in [4.69, 9.17) is 0 Å². The molecule has 3 aliphatic rings. The van der Waals surface area contributed by atoms with Crippen molar-refractivity contribution in [2.24, 2.45) is 5.41 Å². The lowest BCUT2D eigenvalue weighted by molar-refractivity contribution is 0.494. The standard InChI is InChI=1S/C29H34/c1-17-14-19(16-24(17)28(2,3)4)25-21-12-13-22(21)27(29(5,6)7)26-20-11-9-8-10-18(20)15-23(25)26/h8-11,14H,12-13,15-16H2,1-7H3. The maximum atomic E-state index is 2.51. The number of allylic oxidation sites excluding steroid dienone is 4. The molecule has 5 rings (SSSR count). The average Bonchev–Trinajstić information content (AvgIpc) is 3.15. The molecule has 0 spiro atoms. The molecular formula is C29H34. The quantitative estimate of drug-likeness (QED) is 0.403. The summed E-state index contributed by atoms with van der Waals surface area (Å²) in [5.41, 5.74) is 17.9. The highest BCUT2D eigenvalue weighted by Crippen LogP contribution is 2.54. The third kappa shape index (κ3) is 2.71. The summed E-state index contributed by atoms with van der Waals surface area (Å²) in [4.78, 5) is 0. The first-order valence-electron chi connectivity index (χ1n) is 11.3. The van der Waals surface area contributed by atoms with Crippen molar-refractivity contribution in [2.75, 3.05) is 0 Å². The zero-order valence-electron chi connectivity index (χ0n) is 19.2. The normalized spacial score (nSPS) is 17.7. The molecule has 0 radical (unpaired) electrons. The topological polar surface area (TPSA) is 0 Å². The highest BCUT2D eigenvalue weighted by Gasteiger charge is 2.38. The summed E-state index contributed by atoms with van der Waals surface area (Å²) < 4.78 is 0. The molecule has 0 fully saturated rings. The molecule has 0 unspecified atom stereocenters. The molecule has 29 heavy (non-hydrogen) atoms. The summed E-state index contributed by atoms with van der Waals surface area (Å²) in [5.74, 6) is 0. The molecule has 0 heterocycles. The van der Waals surface area contributed by atoms with Gasteiger partial charge in [0, 0.05) is 0 Å². The molecule has 2 aromatic rings. The van der Waals surface area contributed by atoms with Crippen LogP contribution >= 0.6 is 0 Å². The number of rotatable bonds is 1. The molecule has 0 aliphatic heterocycles. The fourth-order valence-corrected chi connectivity index (χ4v) is 6.08. The van der Waals surface area contributed by atoms with Crippen molar-refractivity contribution in [1.82, 2.24) is 0 Å². The third-order valence-electron chi connectivity index (χ3n) is 7.31. The van der Waals surface area contributed by atoms with Crippen LogP contribution in [0.1, 0.15) is 88.3 Å². The highest BCUT2D eigenvalue weighted by molar-refractivity contribution is 5.91. The van der Waals surface area contributed by atoms with Gasteiger partial charge in [0.1, 0.15) is 0 Å². The van der Waals surface area contributed by atoms with Gasteiger partial charge in [0.05, 0.1) is 0 Å². The van der Waals surface area contributed by atoms with Gasteiger partial charge in [-0.1, -0.05) is 83.0 Å². The molecule has 0 saturated heterocycles. The summed E-state index contributed by atoms with van der Waals surface area (Å²) in [6, 6.07) is 9.13. The Kier molecular flexibility index (Phi) is 3.90. The third-order valence-corrected chi connectivity index (χ3v) is 7.31. The first-order valence-corrected chi connectivity index (χ1v) is 11.3. The SMILES string of the molecule is CC1=C(C(C)(C)C)CC(c2c3c(c(C(C)(C)C)c4c2Cc2ccccc2-4)CC3)=C1. The zero-order valence-corrected chi connectivity index (χ0v) is 19.2. The van der Waals surface area contributed by atoms with Crippen molar-refractivity contribution in [1.29, 1.82) is 0 Å². The van der Waals surface area contributed by atoms with Crippen molar-refractivity contribution < 1.29 is 0 Å². The van der Waals surface area contributed by atoms with E-state index in [1.165, 1.54) is 29.5 Å². The molecule has 0 nitrogen and oxygen atoms in total. The van der Waals surface area contributed by atoms with Crippen LogP contribution in [0.4, 0.5) is 0 Å². The number of benzene rings is 2. The minimum Gasteiger partial charge on any atom is -0.0619 e. The van der Waals surface area contributed by atoms with Crippen LogP contribution in [0.5, 0.6) is 0 Å². The van der Waals surface area contributed by atoms with E-state index in [1.54, 1.807) is 44.5 Å². The second kappa shape index (κ2) is 5.97. The molecule has 0 atom stereocenters. The van der Waals surface area contributed by atoms with Crippen LogP contribution in [0, 0.1) is 5.41 Å². The van der Waals surface area contributed by atoms with Gasteiger partial charge in [0.25, 0.3) is 0 Å². The van der Waals surface area contributed by atoms with E-state index in [2.05, 4.69) is 78.8 Å². The molecule has 0 N–H and O–H groups in total. The van der Waals surface area contributed by atoms with Crippen molar-refractivity contribution in [2.45, 2.75) is 79.6 Å². The van der Waals surface area contributed by atoms with Crippen molar-refractivity contribution in [3.05, 3.63) is 74.9 Å². The van der Waals surface area contributed by atoms with E-state index < -0.39 is 0 Å². The van der Waals surface area contributed by atoms with Gasteiger partial charge in [-0.05, 0) is 93.5 Å². The first kappa shape index (κ1) is 18.9. The zero-order chi connectivity index (χ0) is 20.7. The summed E-state index contributed by atoms with van der Waals surface area (Å²) in [6.45, 7) is 16.6. The number of hydrogen-bond donors (Lipinski definition) is 0. The smallest absolute Gasteiger partial charge is 0.000719 e. The molecule has 0 amide bonds. The monoisotopic (exact) mass is 382 g/mol. The fourth-order valence-electron chi connectivity index (χ4n) is 6.08. The summed E-state index contributed by atoms with van der Waals surface area (Å²) in [6.07, 6.45) is 7.22. The van der Waals surface area contributed by atoms with Crippen molar-refractivity contribution >= 4 is 5.57 Å². The fraction of sp³-hybridized carbons (Fsp3) is 0.448. The summed E-state index contributed by atoms with van der Waals surface area (Å²) >= 11 is 0. The van der Waals surface area contributed by atoms with E-state index in [-0.39, 0.29) is 10.8 Å². The molecule has 0 aromatic heterocycles. The van der Waals surface area contributed by atoms with E-state index >= 15 is 0 Å². The molecule has 0 heteroatoms. The van der Waals surface area contributed by atoms with Crippen LogP contribution < -0.4 is 0 Å². The second-order valence-electron chi connectivity index (χ2n) is 11.4. The first-order chi connectivity index (χ1) is 13.6. The van der Waals surface area contributed by atoms with E-state index in [0.717, 1.165) is 12.8 Å². The van der Waals surface area contributed by atoms with Crippen LogP contribution in [-0.4, -0.2) is 0 Å². The minimum atomic E-state index is 0.180. The van der Waals surface area contributed by atoms with Crippen molar-refractivity contribution in [3.8, 4) is 11.1 Å². The van der Waals surface area contributed by atoms with E-state index in [9.17, 15) is 0 Å². The molecule has 0 saturated carbocycles. The predicted molar refractivity (Wildman–Crippen MR) is 126 cm³/mol. The second-order valence-corrected chi connectivity index (χ2v) is 11.4. The lowest BCUT2D eigenvalue weighted by Gasteiger charge is -2.36. The summed E-state index contributed by atoms with van der Waals surface area (Å²) in [7, 11) is 0. The lowest BCUT2D eigenvalue weighted by Crippen LogP contribution is -2.25. The van der Waals surface area contributed by atoms with Gasteiger partial charge in [-0.25, -0.2) is 0 Å². The Labute approximate surface area is 176 Å². The molecule has 3 aliphatic carbocycles. The van der Waals surface area contributed by atoms with Gasteiger partial charge in [0.15, 0.2) is 0 Å². The van der Waals surface area contributed by atoms with Gasteiger partial charge >= 0.3 is 0 Å². The Bertz CT molecular complexity index is 1100. The lowest BCUT2D eigenvalue weighted by atomic mass is 9.68. The van der Waals surface area contributed by atoms with Crippen LogP contribution in [0.2, 0.25) is 0 Å². The van der Waals surface area contributed by atoms with Crippen molar-refractivity contribution in [3.63, 3.8) is 0 Å². The Morgan fingerprint density at radius 2 is 1.41 bits per heavy atom. The molecule has 0 bridgehead atoms. The Morgan fingerprint density at radius 3 is 2.00 bits per heavy atom. The van der Waals surface area contributed by atoms with Gasteiger partial charge in [-0.3, -0.25) is 0 Å². The predicted octanol–water partition coefficient (Wildman–Crippen LogP) is 7.80. The maximum Gasteiger partial charge on any atom is -0.000719 e. The molecule has 2 aromatic carbocycles. The van der Waals surface area contributed by atoms with E-state index in [1.807, 2.05) is 0 Å². The van der Waals surface area contributed by atoms with E-state index in [0.29, 0.717) is 0 Å². The highest BCUT2D eigenvalue weighted by atomic mass is 14.4. The van der Waals surface area contributed by atoms with Crippen LogP contribution in [-0.2, 0) is 24.7 Å². The molecular weight excluding hydrogens is 348 g/mol. The molecule has 150 valence electrons. The Hall–Kier alpha value is -2.08. The van der Waals surface area contributed by atoms with Gasteiger partial charge in [-0.2, -0.15) is 0 Å². The maximum absolute atomic E-state index is 2.51. The van der Waals surface area contributed by atoms with Gasteiger partial charge in [-0.15, -0.1) is 0 Å². The van der Waals surface area contributed by atoms with Gasteiger partial charge < -0.3 is 0 Å².